The molecule has 0 aliphatic carbocycles. The largest absolute Gasteiger partial charge is 0.299 e. The molecular weight excluding hydrogens is 210 g/mol. The molecule has 17 heavy (non-hydrogen) atoms. The number of ketones is 1. The lowest BCUT2D eigenvalue weighted by Gasteiger charge is -2.16. The first-order chi connectivity index (χ1) is 8.08. The quantitative estimate of drug-likeness (QED) is 0.722. The van der Waals surface area contributed by atoms with Gasteiger partial charge >= 0.3 is 0 Å². The number of nitrogens with zero attached hydrogens (tertiary/aromatic N) is 1. The van der Waals surface area contributed by atoms with Crippen molar-refractivity contribution in [2.75, 3.05) is 20.1 Å². The summed E-state index contributed by atoms with van der Waals surface area (Å²) >= 11 is 0. The van der Waals surface area contributed by atoms with E-state index in [1.165, 1.54) is 0 Å². The Bertz CT molecular complexity index is 332. The highest BCUT2D eigenvalue weighted by Crippen LogP contribution is 2.03. The van der Waals surface area contributed by atoms with Gasteiger partial charge in [-0.15, -0.1) is 0 Å². The fourth-order valence-corrected chi connectivity index (χ4v) is 1.74. The number of carbonyl (C=O) groups excluding carboxylic acids is 1. The van der Waals surface area contributed by atoms with E-state index >= 15 is 0 Å². The van der Waals surface area contributed by atoms with Crippen molar-refractivity contribution < 1.29 is 4.79 Å². The summed E-state index contributed by atoms with van der Waals surface area (Å²) in [4.78, 5) is 13.9. The summed E-state index contributed by atoms with van der Waals surface area (Å²) in [5.41, 5.74) is 1.11. The van der Waals surface area contributed by atoms with Crippen LogP contribution in [0.3, 0.4) is 0 Å². The molecule has 0 bridgehead atoms. The average Bonchev–Trinajstić information content (AvgIpc) is 2.27. The molecule has 2 heteroatoms. The number of benzene rings is 1. The van der Waals surface area contributed by atoms with Crippen LogP contribution in [0, 0.1) is 5.92 Å². The minimum absolute atomic E-state index is 0.294. The molecule has 0 radical (unpaired) electrons. The van der Waals surface area contributed by atoms with Crippen LogP contribution >= 0.6 is 0 Å². The maximum atomic E-state index is 11.8. The fourth-order valence-electron chi connectivity index (χ4n) is 1.74. The molecule has 94 valence electrons. The third-order valence-corrected chi connectivity index (χ3v) is 2.78. The van der Waals surface area contributed by atoms with E-state index in [-0.39, 0.29) is 0 Å². The lowest BCUT2D eigenvalue weighted by Crippen LogP contribution is -2.28. The number of Topliss-reactive ketones (excluding diaryl/α,β-unsaturated/α-hetero) is 1. The first kappa shape index (κ1) is 13.9. The van der Waals surface area contributed by atoms with E-state index in [4.69, 9.17) is 0 Å². The van der Waals surface area contributed by atoms with Gasteiger partial charge in [-0.1, -0.05) is 44.2 Å². The van der Waals surface area contributed by atoms with Gasteiger partial charge < -0.3 is 0 Å². The Morgan fingerprint density at radius 2 is 1.88 bits per heavy atom. The van der Waals surface area contributed by atoms with Gasteiger partial charge in [-0.2, -0.15) is 0 Å². The van der Waals surface area contributed by atoms with Crippen molar-refractivity contribution in [3.05, 3.63) is 35.9 Å². The van der Waals surface area contributed by atoms with Gasteiger partial charge in [0.15, 0.2) is 5.78 Å². The predicted octanol–water partition coefficient (Wildman–Crippen LogP) is 2.78. The molecule has 0 aromatic heterocycles. The maximum Gasteiger partial charge on any atom is 0.151 e. The van der Waals surface area contributed by atoms with Crippen LogP contribution in [0.5, 0.6) is 0 Å². The van der Waals surface area contributed by atoms with Gasteiger partial charge in [0.2, 0.25) is 0 Å². The van der Waals surface area contributed by atoms with Crippen LogP contribution in [0.1, 0.15) is 25.8 Å². The van der Waals surface area contributed by atoms with Gasteiger partial charge in [-0.25, -0.2) is 0 Å². The summed E-state index contributed by atoms with van der Waals surface area (Å²) in [5.74, 6) is 0.990. The van der Waals surface area contributed by atoms with Crippen molar-refractivity contribution >= 4 is 5.78 Å². The molecule has 0 aliphatic rings. The monoisotopic (exact) mass is 233 g/mol. The molecule has 0 N–H and O–H groups in total. The van der Waals surface area contributed by atoms with Crippen LogP contribution in [0.15, 0.2) is 30.3 Å². The normalized spacial score (nSPS) is 11.1. The maximum absolute atomic E-state index is 11.8. The lowest BCUT2D eigenvalue weighted by atomic mass is 10.1. The first-order valence-corrected chi connectivity index (χ1v) is 6.32. The van der Waals surface area contributed by atoms with E-state index in [1.807, 2.05) is 37.4 Å². The summed E-state index contributed by atoms with van der Waals surface area (Å²) in [6.07, 6.45) is 1.70. The number of carbonyl (C=O) groups is 1. The van der Waals surface area contributed by atoms with Crippen LogP contribution in [0.4, 0.5) is 0 Å². The average molecular weight is 233 g/mol. The zero-order valence-corrected chi connectivity index (χ0v) is 11.1. The van der Waals surface area contributed by atoms with Crippen LogP contribution in [-0.2, 0) is 11.2 Å². The molecule has 0 amide bonds. The summed E-state index contributed by atoms with van der Waals surface area (Å²) in [5, 5.41) is 0. The Hall–Kier alpha value is -1.15. The summed E-state index contributed by atoms with van der Waals surface area (Å²) in [6, 6.07) is 9.94. The molecule has 0 unspecified atom stereocenters. The van der Waals surface area contributed by atoms with Crippen molar-refractivity contribution in [2.45, 2.75) is 26.7 Å². The minimum Gasteiger partial charge on any atom is -0.299 e. The first-order valence-electron chi connectivity index (χ1n) is 6.32. The highest BCUT2D eigenvalue weighted by Gasteiger charge is 2.07. The van der Waals surface area contributed by atoms with Gasteiger partial charge in [0.1, 0.15) is 0 Å². The van der Waals surface area contributed by atoms with E-state index in [0.29, 0.717) is 24.7 Å². The Morgan fingerprint density at radius 1 is 1.24 bits per heavy atom. The van der Waals surface area contributed by atoms with Gasteiger partial charge in [0.25, 0.3) is 0 Å². The lowest BCUT2D eigenvalue weighted by molar-refractivity contribution is -0.119. The molecule has 0 aliphatic heterocycles. The van der Waals surface area contributed by atoms with Crippen LogP contribution in [0.2, 0.25) is 0 Å². The third-order valence-electron chi connectivity index (χ3n) is 2.78. The van der Waals surface area contributed by atoms with E-state index in [2.05, 4.69) is 18.7 Å². The van der Waals surface area contributed by atoms with Crippen LogP contribution in [0.25, 0.3) is 0 Å². The SMILES string of the molecule is CC(C)CCN(C)CC(=O)Cc1ccccc1. The number of hydrogen-bond donors (Lipinski definition) is 0. The zero-order valence-electron chi connectivity index (χ0n) is 11.1. The summed E-state index contributed by atoms with van der Waals surface area (Å²) < 4.78 is 0. The smallest absolute Gasteiger partial charge is 0.151 e. The topological polar surface area (TPSA) is 20.3 Å². The molecule has 0 atom stereocenters. The molecular formula is C15H23NO. The standard InChI is InChI=1S/C15H23NO/c1-13(2)9-10-16(3)12-15(17)11-14-7-5-4-6-8-14/h4-8,13H,9-12H2,1-3H3. The molecule has 0 spiro atoms. The van der Waals surface area contributed by atoms with Crippen molar-refractivity contribution in [3.8, 4) is 0 Å². The van der Waals surface area contributed by atoms with Crippen LogP contribution < -0.4 is 0 Å². The van der Waals surface area contributed by atoms with Crippen LogP contribution in [-0.4, -0.2) is 30.8 Å². The second kappa shape index (κ2) is 7.23. The van der Waals surface area contributed by atoms with E-state index in [1.54, 1.807) is 0 Å². The number of rotatable bonds is 7. The Balaban J connectivity index is 2.29. The second-order valence-electron chi connectivity index (χ2n) is 5.12. The third kappa shape index (κ3) is 6.22. The number of hydrogen-bond acceptors (Lipinski definition) is 2. The molecule has 0 fully saturated rings. The Labute approximate surface area is 105 Å². The molecule has 1 aromatic rings. The predicted molar refractivity (Wildman–Crippen MR) is 72.1 cm³/mol. The van der Waals surface area contributed by atoms with Gasteiger partial charge in [-0.3, -0.25) is 9.69 Å². The van der Waals surface area contributed by atoms with Gasteiger partial charge in [-0.05, 0) is 31.5 Å². The highest BCUT2D eigenvalue weighted by molar-refractivity contribution is 5.82. The van der Waals surface area contributed by atoms with Gasteiger partial charge in [0.05, 0.1) is 6.54 Å². The summed E-state index contributed by atoms with van der Waals surface area (Å²) in [6.45, 7) is 5.97. The van der Waals surface area contributed by atoms with Crippen molar-refractivity contribution in [2.24, 2.45) is 5.92 Å². The molecule has 1 aromatic carbocycles. The molecule has 1 rings (SSSR count). The van der Waals surface area contributed by atoms with E-state index in [9.17, 15) is 4.79 Å². The van der Waals surface area contributed by atoms with E-state index < -0.39 is 0 Å². The molecule has 0 heterocycles. The van der Waals surface area contributed by atoms with Crippen molar-refractivity contribution in [1.29, 1.82) is 0 Å². The summed E-state index contributed by atoms with van der Waals surface area (Å²) in [7, 11) is 2.02. The highest BCUT2D eigenvalue weighted by atomic mass is 16.1. The number of likely N-dealkylation sites (N-methyl/N-ethyl adjacent to an activating group) is 1. The second-order valence-corrected chi connectivity index (χ2v) is 5.12. The molecule has 0 saturated heterocycles. The van der Waals surface area contributed by atoms with E-state index in [0.717, 1.165) is 18.5 Å². The molecule has 2 nitrogen and oxygen atoms in total. The van der Waals surface area contributed by atoms with Crippen molar-refractivity contribution in [1.82, 2.24) is 4.90 Å². The zero-order chi connectivity index (χ0) is 12.7. The van der Waals surface area contributed by atoms with Crippen molar-refractivity contribution in [3.63, 3.8) is 0 Å². The minimum atomic E-state index is 0.294. The molecule has 0 saturated carbocycles. The fraction of sp³-hybridized carbons (Fsp3) is 0.533. The Morgan fingerprint density at radius 3 is 2.47 bits per heavy atom. The van der Waals surface area contributed by atoms with Gasteiger partial charge in [0, 0.05) is 6.42 Å². The Kier molecular flexibility index (Phi) is 5.92.